The van der Waals surface area contributed by atoms with Gasteiger partial charge in [-0.3, -0.25) is 9.48 Å². The molecule has 3 aromatic heterocycles. The monoisotopic (exact) mass is 484 g/mol. The van der Waals surface area contributed by atoms with Crippen LogP contribution < -0.4 is 9.64 Å². The van der Waals surface area contributed by atoms with Gasteiger partial charge < -0.3 is 14.7 Å². The molecule has 0 atom stereocenters. The number of aryl methyl sites for hydroxylation is 2. The number of carbonyl (C=O) groups excluding carboxylic acids is 1. The number of aliphatic hydroxyl groups is 1. The molecular weight excluding hydrogens is 465 g/mol. The van der Waals surface area contributed by atoms with Gasteiger partial charge in [-0.05, 0) is 42.8 Å². The smallest absolute Gasteiger partial charge is 0.433 e. The highest BCUT2D eigenvalue weighted by atomic mass is 19.4. The lowest BCUT2D eigenvalue weighted by Crippen LogP contribution is -2.34. The number of halogens is 3. The first-order valence-corrected chi connectivity index (χ1v) is 10.6. The number of fused-ring (bicyclic) bond motifs is 2. The number of carbonyl (C=O) groups is 1. The average molecular weight is 484 g/mol. The summed E-state index contributed by atoms with van der Waals surface area (Å²) in [7, 11) is 1.61. The maximum absolute atomic E-state index is 13.3. The van der Waals surface area contributed by atoms with Gasteiger partial charge >= 0.3 is 6.18 Å². The number of hydrogen-bond donors (Lipinski definition) is 1. The molecule has 4 aromatic rings. The Labute approximate surface area is 196 Å². The van der Waals surface area contributed by atoms with E-state index in [9.17, 15) is 23.1 Å². The minimum absolute atomic E-state index is 0.0429. The van der Waals surface area contributed by atoms with Crippen molar-refractivity contribution in [2.45, 2.75) is 19.7 Å². The van der Waals surface area contributed by atoms with E-state index in [4.69, 9.17) is 4.74 Å². The van der Waals surface area contributed by atoms with Crippen LogP contribution in [0.5, 0.6) is 5.75 Å². The molecule has 12 heteroatoms. The quantitative estimate of drug-likeness (QED) is 0.476. The summed E-state index contributed by atoms with van der Waals surface area (Å²) < 4.78 is 45.9. The second kappa shape index (κ2) is 8.31. The molecule has 0 radical (unpaired) electrons. The van der Waals surface area contributed by atoms with Crippen molar-refractivity contribution in [3.05, 3.63) is 59.2 Å². The van der Waals surface area contributed by atoms with Crippen molar-refractivity contribution in [1.29, 1.82) is 0 Å². The molecule has 1 aromatic carbocycles. The first-order chi connectivity index (χ1) is 16.7. The molecule has 0 saturated carbocycles. The molecule has 9 nitrogen and oxygen atoms in total. The van der Waals surface area contributed by atoms with Gasteiger partial charge in [0.2, 0.25) is 0 Å². The molecule has 4 heterocycles. The topological polar surface area (TPSA) is 106 Å². The van der Waals surface area contributed by atoms with Crippen molar-refractivity contribution in [3.63, 3.8) is 0 Å². The van der Waals surface area contributed by atoms with Gasteiger partial charge in [-0.1, -0.05) is 0 Å². The zero-order valence-corrected chi connectivity index (χ0v) is 18.7. The van der Waals surface area contributed by atoms with Gasteiger partial charge in [-0.15, -0.1) is 0 Å². The molecular formula is C23H19F3N6O3. The second-order valence-corrected chi connectivity index (χ2v) is 8.00. The van der Waals surface area contributed by atoms with Crippen molar-refractivity contribution < 1.29 is 27.8 Å². The Balaban J connectivity index is 1.48. The predicted octanol–water partition coefficient (Wildman–Crippen LogP) is 3.28. The van der Waals surface area contributed by atoms with Gasteiger partial charge in [0.25, 0.3) is 5.91 Å². The Morgan fingerprint density at radius 3 is 2.66 bits per heavy atom. The van der Waals surface area contributed by atoms with Crippen molar-refractivity contribution in [2.75, 3.05) is 18.1 Å². The van der Waals surface area contributed by atoms with Gasteiger partial charge in [-0.25, -0.2) is 15.0 Å². The SMILES string of the molecule is Cc1cc(-c2ncc3nc(C(F)(F)F)ccc3n2)ccc1N1CCOc2c(CO)nn(C)c2C1=O. The summed E-state index contributed by atoms with van der Waals surface area (Å²) in [5, 5.41) is 13.7. The van der Waals surface area contributed by atoms with Crippen molar-refractivity contribution >= 4 is 22.6 Å². The van der Waals surface area contributed by atoms with Gasteiger partial charge in [0.05, 0.1) is 24.9 Å². The predicted molar refractivity (Wildman–Crippen MR) is 119 cm³/mol. The van der Waals surface area contributed by atoms with Crippen LogP contribution in [0.2, 0.25) is 0 Å². The van der Waals surface area contributed by atoms with Gasteiger partial charge in [0.1, 0.15) is 23.5 Å². The van der Waals surface area contributed by atoms with E-state index in [1.165, 1.54) is 16.9 Å². The maximum Gasteiger partial charge on any atom is 0.433 e. The Bertz CT molecular complexity index is 1470. The summed E-state index contributed by atoms with van der Waals surface area (Å²) in [5.41, 5.74) is 1.92. The minimum Gasteiger partial charge on any atom is -0.487 e. The number of pyridine rings is 1. The van der Waals surface area contributed by atoms with Crippen LogP contribution in [0.3, 0.4) is 0 Å². The molecule has 1 N–H and O–H groups in total. The molecule has 1 amide bonds. The van der Waals surface area contributed by atoms with E-state index in [0.29, 0.717) is 22.8 Å². The minimum atomic E-state index is -4.55. The third-order valence-electron chi connectivity index (χ3n) is 5.70. The number of aliphatic hydroxyl groups excluding tert-OH is 1. The zero-order chi connectivity index (χ0) is 24.9. The largest absolute Gasteiger partial charge is 0.487 e. The highest BCUT2D eigenvalue weighted by Gasteiger charge is 2.33. The van der Waals surface area contributed by atoms with Crippen LogP contribution in [0, 0.1) is 6.92 Å². The third-order valence-corrected chi connectivity index (χ3v) is 5.70. The normalized spacial score (nSPS) is 14.1. The summed E-state index contributed by atoms with van der Waals surface area (Å²) in [6, 6.07) is 7.45. The fraction of sp³-hybridized carbons (Fsp3) is 0.261. The van der Waals surface area contributed by atoms with Crippen LogP contribution >= 0.6 is 0 Å². The summed E-state index contributed by atoms with van der Waals surface area (Å²) in [6.45, 7) is 2.00. The summed E-state index contributed by atoms with van der Waals surface area (Å²) in [4.78, 5) is 27.1. The molecule has 0 bridgehead atoms. The van der Waals surface area contributed by atoms with Gasteiger partial charge in [0, 0.05) is 18.3 Å². The third kappa shape index (κ3) is 3.95. The Morgan fingerprint density at radius 2 is 1.94 bits per heavy atom. The van der Waals surface area contributed by atoms with E-state index < -0.39 is 11.9 Å². The first kappa shape index (κ1) is 22.7. The number of aromatic nitrogens is 5. The molecule has 180 valence electrons. The van der Waals surface area contributed by atoms with Crippen LogP contribution in [0.1, 0.15) is 27.4 Å². The molecule has 1 aliphatic rings. The van der Waals surface area contributed by atoms with E-state index in [-0.39, 0.29) is 48.1 Å². The Morgan fingerprint density at radius 1 is 1.14 bits per heavy atom. The number of anilines is 1. The molecule has 5 rings (SSSR count). The van der Waals surface area contributed by atoms with Crippen LogP contribution in [-0.4, -0.2) is 48.9 Å². The number of amides is 1. The maximum atomic E-state index is 13.3. The summed E-state index contributed by atoms with van der Waals surface area (Å²) >= 11 is 0. The van der Waals surface area contributed by atoms with Gasteiger partial charge in [0.15, 0.2) is 17.3 Å². The lowest BCUT2D eigenvalue weighted by atomic mass is 10.1. The molecule has 0 saturated heterocycles. The molecule has 0 aliphatic carbocycles. The van der Waals surface area contributed by atoms with Crippen molar-refractivity contribution in [1.82, 2.24) is 24.7 Å². The molecule has 0 unspecified atom stereocenters. The van der Waals surface area contributed by atoms with E-state index in [1.54, 1.807) is 30.1 Å². The Hall–Kier alpha value is -4.06. The first-order valence-electron chi connectivity index (χ1n) is 10.6. The van der Waals surface area contributed by atoms with Gasteiger partial charge in [-0.2, -0.15) is 18.3 Å². The van der Waals surface area contributed by atoms with Crippen molar-refractivity contribution in [3.8, 4) is 17.1 Å². The number of ether oxygens (including phenoxy) is 1. The molecule has 1 aliphatic heterocycles. The number of alkyl halides is 3. The number of rotatable bonds is 3. The van der Waals surface area contributed by atoms with Crippen LogP contribution in [-0.2, 0) is 19.8 Å². The summed E-state index contributed by atoms with van der Waals surface area (Å²) in [5.74, 6) is 0.293. The lowest BCUT2D eigenvalue weighted by molar-refractivity contribution is -0.140. The zero-order valence-electron chi connectivity index (χ0n) is 18.7. The highest BCUT2D eigenvalue weighted by molar-refractivity contribution is 6.07. The second-order valence-electron chi connectivity index (χ2n) is 8.00. The number of hydrogen-bond acceptors (Lipinski definition) is 7. The van der Waals surface area contributed by atoms with Crippen LogP contribution in [0.4, 0.5) is 18.9 Å². The van der Waals surface area contributed by atoms with E-state index in [0.717, 1.165) is 11.6 Å². The molecule has 0 fully saturated rings. The number of benzene rings is 1. The van der Waals surface area contributed by atoms with Crippen molar-refractivity contribution in [2.24, 2.45) is 7.05 Å². The van der Waals surface area contributed by atoms with E-state index >= 15 is 0 Å². The van der Waals surface area contributed by atoms with E-state index in [2.05, 4.69) is 20.1 Å². The standard InChI is InChI=1S/C23H19F3N6O3/c1-12-9-13(21-27-10-15-14(29-21)4-6-18(28-15)23(24,25)26)3-5-17(12)32-7-8-35-20-16(11-33)30-31(2)19(20)22(32)34/h3-6,9-10,33H,7-8,11H2,1-2H3. The number of nitrogens with zero attached hydrogens (tertiary/aromatic N) is 6. The summed E-state index contributed by atoms with van der Waals surface area (Å²) in [6.07, 6.45) is -3.29. The van der Waals surface area contributed by atoms with Crippen LogP contribution in [0.25, 0.3) is 22.4 Å². The highest BCUT2D eigenvalue weighted by Crippen LogP contribution is 2.33. The fourth-order valence-electron chi connectivity index (χ4n) is 4.07. The Kier molecular flexibility index (Phi) is 5.39. The van der Waals surface area contributed by atoms with E-state index in [1.807, 2.05) is 6.92 Å². The molecule has 0 spiro atoms. The lowest BCUT2D eigenvalue weighted by Gasteiger charge is -2.22. The fourth-order valence-corrected chi connectivity index (χ4v) is 4.07. The van der Waals surface area contributed by atoms with Crippen LogP contribution in [0.15, 0.2) is 36.5 Å². The average Bonchev–Trinajstić information content (AvgIpc) is 3.05. The molecule has 35 heavy (non-hydrogen) atoms.